The first-order valence-electron chi connectivity index (χ1n) is 8.26. The number of amides is 1. The normalized spacial score (nSPS) is 15.7. The molecule has 0 unspecified atom stereocenters. The van der Waals surface area contributed by atoms with Gasteiger partial charge < -0.3 is 4.90 Å². The van der Waals surface area contributed by atoms with Gasteiger partial charge >= 0.3 is 0 Å². The number of hydrogen-bond acceptors (Lipinski definition) is 3. The van der Waals surface area contributed by atoms with Crippen molar-refractivity contribution >= 4 is 17.5 Å². The topological polar surface area (TPSA) is 41.4 Å². The zero-order valence-electron chi connectivity index (χ0n) is 14.2. The highest BCUT2D eigenvalue weighted by molar-refractivity contribution is 6.31. The Kier molecular flexibility index (Phi) is 5.21. The molecule has 2 aromatic rings. The number of hydrogen-bond donors (Lipinski definition) is 0. The van der Waals surface area contributed by atoms with E-state index in [1.165, 1.54) is 11.1 Å². The van der Waals surface area contributed by atoms with Crippen LogP contribution in [0.2, 0.25) is 5.02 Å². The maximum atomic E-state index is 12.4. The van der Waals surface area contributed by atoms with Crippen molar-refractivity contribution in [3.05, 3.63) is 52.3 Å². The lowest BCUT2D eigenvalue weighted by Gasteiger charge is -2.34. The predicted molar refractivity (Wildman–Crippen MR) is 95.0 cm³/mol. The third-order valence-corrected chi connectivity index (χ3v) is 4.95. The number of aromatic nitrogens is 2. The quantitative estimate of drug-likeness (QED) is 0.854. The monoisotopic (exact) mass is 346 g/mol. The van der Waals surface area contributed by atoms with Crippen LogP contribution in [0.15, 0.2) is 30.5 Å². The summed E-state index contributed by atoms with van der Waals surface area (Å²) in [6, 6.07) is 8.65. The molecule has 3 rings (SSSR count). The van der Waals surface area contributed by atoms with Gasteiger partial charge in [-0.25, -0.2) is 0 Å². The molecular formula is C18H23ClN4O. The number of halogens is 1. The Labute approximate surface area is 147 Å². The highest BCUT2D eigenvalue weighted by atomic mass is 35.5. The van der Waals surface area contributed by atoms with Crippen LogP contribution in [0.3, 0.4) is 0 Å². The van der Waals surface area contributed by atoms with Crippen molar-refractivity contribution in [1.82, 2.24) is 19.6 Å². The summed E-state index contributed by atoms with van der Waals surface area (Å²) in [7, 11) is 0. The van der Waals surface area contributed by atoms with Crippen molar-refractivity contribution in [2.24, 2.45) is 0 Å². The van der Waals surface area contributed by atoms with Crippen molar-refractivity contribution in [1.29, 1.82) is 0 Å². The van der Waals surface area contributed by atoms with Crippen molar-refractivity contribution in [3.63, 3.8) is 0 Å². The minimum Gasteiger partial charge on any atom is -0.339 e. The van der Waals surface area contributed by atoms with E-state index in [0.29, 0.717) is 5.02 Å². The minimum absolute atomic E-state index is 0.104. The van der Waals surface area contributed by atoms with Crippen molar-refractivity contribution in [2.75, 3.05) is 26.2 Å². The summed E-state index contributed by atoms with van der Waals surface area (Å²) in [4.78, 5) is 16.7. The molecule has 0 atom stereocenters. The second-order valence-electron chi connectivity index (χ2n) is 6.38. The average molecular weight is 347 g/mol. The molecule has 5 nitrogen and oxygen atoms in total. The largest absolute Gasteiger partial charge is 0.339 e. The summed E-state index contributed by atoms with van der Waals surface area (Å²) < 4.78 is 1.67. The standard InChI is InChI=1S/C18H23ClN4O/c1-14-3-5-16(6-4-14)12-21-7-9-22(10-8-21)18(24)13-23-15(2)17(19)11-20-23/h3-6,11H,7-10,12-13H2,1-2H3. The van der Waals surface area contributed by atoms with E-state index < -0.39 is 0 Å². The number of aryl methyl sites for hydroxylation is 1. The average Bonchev–Trinajstić information content (AvgIpc) is 2.90. The molecule has 1 aromatic carbocycles. The maximum Gasteiger partial charge on any atom is 0.244 e. The Morgan fingerprint density at radius 2 is 1.79 bits per heavy atom. The molecule has 1 aromatic heterocycles. The van der Waals surface area contributed by atoms with E-state index in [-0.39, 0.29) is 12.5 Å². The lowest BCUT2D eigenvalue weighted by molar-refractivity contribution is -0.133. The van der Waals surface area contributed by atoms with E-state index in [0.717, 1.165) is 38.4 Å². The van der Waals surface area contributed by atoms with Gasteiger partial charge in [0.25, 0.3) is 0 Å². The second-order valence-corrected chi connectivity index (χ2v) is 6.79. The summed E-state index contributed by atoms with van der Waals surface area (Å²) >= 11 is 5.99. The van der Waals surface area contributed by atoms with Crippen LogP contribution in [0.4, 0.5) is 0 Å². The Morgan fingerprint density at radius 3 is 2.38 bits per heavy atom. The molecule has 1 amide bonds. The Hall–Kier alpha value is -1.85. The summed E-state index contributed by atoms with van der Waals surface area (Å²) in [6.45, 7) is 8.51. The smallest absolute Gasteiger partial charge is 0.244 e. The van der Waals surface area contributed by atoms with Gasteiger partial charge in [0.2, 0.25) is 5.91 Å². The van der Waals surface area contributed by atoms with E-state index >= 15 is 0 Å². The third-order valence-electron chi connectivity index (χ3n) is 4.58. The van der Waals surface area contributed by atoms with Gasteiger partial charge in [-0.1, -0.05) is 41.4 Å². The highest BCUT2D eigenvalue weighted by Crippen LogP contribution is 2.14. The molecule has 24 heavy (non-hydrogen) atoms. The second kappa shape index (κ2) is 7.36. The third kappa shape index (κ3) is 3.97. The molecule has 1 saturated heterocycles. The van der Waals surface area contributed by atoms with E-state index in [9.17, 15) is 4.79 Å². The molecule has 0 bridgehead atoms. The summed E-state index contributed by atoms with van der Waals surface area (Å²) in [5.74, 6) is 0.104. The van der Waals surface area contributed by atoms with E-state index in [1.54, 1.807) is 10.9 Å². The maximum absolute atomic E-state index is 12.4. The molecular weight excluding hydrogens is 324 g/mol. The van der Waals surface area contributed by atoms with Gasteiger partial charge in [0.15, 0.2) is 0 Å². The van der Waals surface area contributed by atoms with Gasteiger partial charge in [-0.15, -0.1) is 0 Å². The molecule has 0 N–H and O–H groups in total. The van der Waals surface area contributed by atoms with Gasteiger partial charge in [0.1, 0.15) is 6.54 Å². The van der Waals surface area contributed by atoms with Crippen molar-refractivity contribution in [3.8, 4) is 0 Å². The fourth-order valence-corrected chi connectivity index (χ4v) is 3.06. The molecule has 0 radical (unpaired) electrons. The number of carbonyl (C=O) groups is 1. The molecule has 0 saturated carbocycles. The molecule has 0 spiro atoms. The molecule has 1 fully saturated rings. The fraction of sp³-hybridized carbons (Fsp3) is 0.444. The van der Waals surface area contributed by atoms with E-state index in [4.69, 9.17) is 11.6 Å². The van der Waals surface area contributed by atoms with E-state index in [1.807, 2.05) is 11.8 Å². The van der Waals surface area contributed by atoms with Crippen LogP contribution in [-0.2, 0) is 17.9 Å². The Bertz CT molecular complexity index is 702. The molecule has 128 valence electrons. The van der Waals surface area contributed by atoms with Crippen LogP contribution < -0.4 is 0 Å². The van der Waals surface area contributed by atoms with Crippen molar-refractivity contribution < 1.29 is 4.79 Å². The minimum atomic E-state index is 0.104. The molecule has 6 heteroatoms. The first-order valence-corrected chi connectivity index (χ1v) is 8.64. The van der Waals surface area contributed by atoms with Crippen molar-refractivity contribution in [2.45, 2.75) is 26.9 Å². The lowest BCUT2D eigenvalue weighted by Crippen LogP contribution is -2.49. The summed E-state index contributed by atoms with van der Waals surface area (Å²) in [6.07, 6.45) is 1.59. The summed E-state index contributed by atoms with van der Waals surface area (Å²) in [5.41, 5.74) is 3.44. The van der Waals surface area contributed by atoms with Crippen LogP contribution >= 0.6 is 11.6 Å². The predicted octanol–water partition coefficient (Wildman–Crippen LogP) is 2.50. The summed E-state index contributed by atoms with van der Waals surface area (Å²) in [5, 5.41) is 4.76. The lowest BCUT2D eigenvalue weighted by atomic mass is 10.1. The van der Waals surface area contributed by atoms with Crippen LogP contribution in [0, 0.1) is 13.8 Å². The fourth-order valence-electron chi connectivity index (χ4n) is 2.92. The van der Waals surface area contributed by atoms with Gasteiger partial charge in [-0.05, 0) is 19.4 Å². The van der Waals surface area contributed by atoms with Crippen LogP contribution in [0.5, 0.6) is 0 Å². The zero-order valence-corrected chi connectivity index (χ0v) is 15.0. The van der Waals surface area contributed by atoms with Gasteiger partial charge in [0.05, 0.1) is 16.9 Å². The Balaban J connectivity index is 1.50. The van der Waals surface area contributed by atoms with Gasteiger partial charge in [0, 0.05) is 32.7 Å². The first-order chi connectivity index (χ1) is 11.5. The van der Waals surface area contributed by atoms with Crippen LogP contribution in [0.1, 0.15) is 16.8 Å². The molecule has 0 aliphatic carbocycles. The molecule has 1 aliphatic rings. The number of rotatable bonds is 4. The van der Waals surface area contributed by atoms with Crippen LogP contribution in [0.25, 0.3) is 0 Å². The number of carbonyl (C=O) groups excluding carboxylic acids is 1. The molecule has 2 heterocycles. The SMILES string of the molecule is Cc1ccc(CN2CCN(C(=O)Cn3ncc(Cl)c3C)CC2)cc1. The van der Waals surface area contributed by atoms with E-state index in [2.05, 4.69) is 41.2 Å². The van der Waals surface area contributed by atoms with Gasteiger partial charge in [-0.2, -0.15) is 5.10 Å². The number of benzene rings is 1. The number of nitrogens with zero attached hydrogens (tertiary/aromatic N) is 4. The highest BCUT2D eigenvalue weighted by Gasteiger charge is 2.22. The zero-order chi connectivity index (χ0) is 17.1. The van der Waals surface area contributed by atoms with Gasteiger partial charge in [-0.3, -0.25) is 14.4 Å². The van der Waals surface area contributed by atoms with Crippen LogP contribution in [-0.4, -0.2) is 51.7 Å². The Morgan fingerprint density at radius 1 is 1.12 bits per heavy atom. The number of piperazine rings is 1. The first kappa shape index (κ1) is 17.0. The molecule has 1 aliphatic heterocycles.